The molecule has 0 saturated carbocycles. The molecule has 0 radical (unpaired) electrons. The Balaban J connectivity index is 4.19. The van der Waals surface area contributed by atoms with Gasteiger partial charge in [-0.05, 0) is 34.6 Å². The first-order valence-electron chi connectivity index (χ1n) is 4.83. The molecule has 86 valence electrons. The van der Waals surface area contributed by atoms with Gasteiger partial charge < -0.3 is 4.74 Å². The fourth-order valence-corrected chi connectivity index (χ4v) is 1.76. The van der Waals surface area contributed by atoms with E-state index in [1.807, 2.05) is 20.8 Å². The lowest BCUT2D eigenvalue weighted by atomic mass is 10.1. The second kappa shape index (κ2) is 5.09. The van der Waals surface area contributed by atoms with Crippen molar-refractivity contribution in [2.75, 3.05) is 13.2 Å². The number of nitrogens with one attached hydrogen (secondary N) is 1. The first kappa shape index (κ1) is 13.9. The van der Waals surface area contributed by atoms with Crippen molar-refractivity contribution in [3.63, 3.8) is 0 Å². The maximum absolute atomic E-state index is 11.4. The van der Waals surface area contributed by atoms with E-state index in [4.69, 9.17) is 4.74 Å². The molecule has 0 atom stereocenters. The summed E-state index contributed by atoms with van der Waals surface area (Å²) < 4.78 is 30.7. The van der Waals surface area contributed by atoms with Gasteiger partial charge in [0.25, 0.3) is 0 Å². The molecular weight excluding hydrogens is 202 g/mol. The highest BCUT2D eigenvalue weighted by molar-refractivity contribution is 7.90. The minimum absolute atomic E-state index is 0.307. The summed E-state index contributed by atoms with van der Waals surface area (Å²) >= 11 is 0. The SMILES string of the molecule is CCOC(C)(C)CNS(=O)(=O)C(C)C. The monoisotopic (exact) mass is 223 g/mol. The van der Waals surface area contributed by atoms with Crippen molar-refractivity contribution in [1.29, 1.82) is 0 Å². The summed E-state index contributed by atoms with van der Waals surface area (Å²) in [6.07, 6.45) is 0. The minimum atomic E-state index is -3.18. The fraction of sp³-hybridized carbons (Fsp3) is 1.00. The Morgan fingerprint density at radius 1 is 1.36 bits per heavy atom. The predicted molar refractivity (Wildman–Crippen MR) is 57.8 cm³/mol. The third kappa shape index (κ3) is 4.93. The molecular formula is C9H21NO3S. The lowest BCUT2D eigenvalue weighted by Gasteiger charge is -2.25. The Hall–Kier alpha value is -0.130. The zero-order chi connectivity index (χ0) is 11.4. The summed E-state index contributed by atoms with van der Waals surface area (Å²) in [7, 11) is -3.18. The van der Waals surface area contributed by atoms with Crippen molar-refractivity contribution >= 4 is 10.0 Å². The molecule has 0 aromatic rings. The lowest BCUT2D eigenvalue weighted by molar-refractivity contribution is -0.00517. The third-order valence-corrected chi connectivity index (χ3v) is 3.64. The molecule has 1 N–H and O–H groups in total. The van der Waals surface area contributed by atoms with Gasteiger partial charge >= 0.3 is 0 Å². The number of hydrogen-bond donors (Lipinski definition) is 1. The topological polar surface area (TPSA) is 55.4 Å². The molecule has 0 aliphatic carbocycles. The molecule has 0 saturated heterocycles. The zero-order valence-electron chi connectivity index (χ0n) is 9.62. The van der Waals surface area contributed by atoms with Crippen LogP contribution in [0.3, 0.4) is 0 Å². The van der Waals surface area contributed by atoms with Crippen molar-refractivity contribution in [1.82, 2.24) is 4.72 Å². The van der Waals surface area contributed by atoms with Crippen LogP contribution in [0.4, 0.5) is 0 Å². The highest BCUT2D eigenvalue weighted by atomic mass is 32.2. The van der Waals surface area contributed by atoms with Crippen molar-refractivity contribution in [3.8, 4) is 0 Å². The van der Waals surface area contributed by atoms with E-state index in [1.165, 1.54) is 0 Å². The van der Waals surface area contributed by atoms with Gasteiger partial charge in [-0.15, -0.1) is 0 Å². The van der Waals surface area contributed by atoms with Gasteiger partial charge in [0.2, 0.25) is 10.0 Å². The second-order valence-corrected chi connectivity index (χ2v) is 6.43. The van der Waals surface area contributed by atoms with Gasteiger partial charge in [-0.25, -0.2) is 13.1 Å². The van der Waals surface area contributed by atoms with E-state index in [0.29, 0.717) is 13.2 Å². The van der Waals surface area contributed by atoms with E-state index in [1.54, 1.807) is 13.8 Å². The van der Waals surface area contributed by atoms with Gasteiger partial charge in [-0.3, -0.25) is 0 Å². The molecule has 4 nitrogen and oxygen atoms in total. The number of hydrogen-bond acceptors (Lipinski definition) is 3. The standard InChI is InChI=1S/C9H21NO3S/c1-6-13-9(4,5)7-10-14(11,12)8(2)3/h8,10H,6-7H2,1-5H3. The number of ether oxygens (including phenoxy) is 1. The van der Waals surface area contributed by atoms with Crippen LogP contribution >= 0.6 is 0 Å². The van der Waals surface area contributed by atoms with Crippen LogP contribution in [-0.4, -0.2) is 32.4 Å². The molecule has 0 spiro atoms. The van der Waals surface area contributed by atoms with Crippen LogP contribution in [0.15, 0.2) is 0 Å². The van der Waals surface area contributed by atoms with Crippen molar-refractivity contribution in [3.05, 3.63) is 0 Å². The molecule has 0 rings (SSSR count). The number of sulfonamides is 1. The van der Waals surface area contributed by atoms with Crippen molar-refractivity contribution in [2.45, 2.75) is 45.5 Å². The average Bonchev–Trinajstić information content (AvgIpc) is 2.01. The van der Waals surface area contributed by atoms with E-state index in [9.17, 15) is 8.42 Å². The molecule has 0 heterocycles. The van der Waals surface area contributed by atoms with Crippen LogP contribution in [0.5, 0.6) is 0 Å². The molecule has 0 aliphatic heterocycles. The molecule has 0 amide bonds. The summed E-state index contributed by atoms with van der Waals surface area (Å²) in [5, 5.41) is -0.403. The molecule has 0 fully saturated rings. The van der Waals surface area contributed by atoms with E-state index in [2.05, 4.69) is 4.72 Å². The molecule has 0 bridgehead atoms. The molecule has 0 aliphatic rings. The minimum Gasteiger partial charge on any atom is -0.375 e. The predicted octanol–water partition coefficient (Wildman–Crippen LogP) is 1.13. The van der Waals surface area contributed by atoms with Gasteiger partial charge in [0.1, 0.15) is 0 Å². The molecule has 14 heavy (non-hydrogen) atoms. The van der Waals surface area contributed by atoms with Crippen LogP contribution in [0.2, 0.25) is 0 Å². The van der Waals surface area contributed by atoms with Crippen LogP contribution in [-0.2, 0) is 14.8 Å². The first-order valence-corrected chi connectivity index (χ1v) is 6.38. The van der Waals surface area contributed by atoms with Crippen LogP contribution in [0, 0.1) is 0 Å². The highest BCUT2D eigenvalue weighted by Crippen LogP contribution is 2.08. The van der Waals surface area contributed by atoms with Crippen molar-refractivity contribution in [2.24, 2.45) is 0 Å². The summed E-state index contributed by atoms with van der Waals surface area (Å²) in [6, 6.07) is 0. The smallest absolute Gasteiger partial charge is 0.214 e. The maximum Gasteiger partial charge on any atom is 0.214 e. The normalized spacial score (nSPS) is 13.6. The Morgan fingerprint density at radius 3 is 2.21 bits per heavy atom. The van der Waals surface area contributed by atoms with E-state index < -0.39 is 20.9 Å². The van der Waals surface area contributed by atoms with Crippen LogP contribution in [0.25, 0.3) is 0 Å². The van der Waals surface area contributed by atoms with Gasteiger partial charge in [-0.2, -0.15) is 0 Å². The van der Waals surface area contributed by atoms with Crippen LogP contribution in [0.1, 0.15) is 34.6 Å². The summed E-state index contributed by atoms with van der Waals surface area (Å²) in [4.78, 5) is 0. The fourth-order valence-electron chi connectivity index (χ4n) is 0.883. The van der Waals surface area contributed by atoms with E-state index in [0.717, 1.165) is 0 Å². The van der Waals surface area contributed by atoms with Gasteiger partial charge in [0.15, 0.2) is 0 Å². The Labute approximate surface area is 87.1 Å². The van der Waals surface area contributed by atoms with Crippen molar-refractivity contribution < 1.29 is 13.2 Å². The Bertz CT molecular complexity index is 257. The summed E-state index contributed by atoms with van der Waals surface area (Å²) in [5.74, 6) is 0. The Kier molecular flexibility index (Phi) is 5.05. The van der Waals surface area contributed by atoms with Gasteiger partial charge in [0.05, 0.1) is 10.9 Å². The van der Waals surface area contributed by atoms with E-state index >= 15 is 0 Å². The van der Waals surface area contributed by atoms with Gasteiger partial charge in [0, 0.05) is 13.2 Å². The molecule has 0 aromatic carbocycles. The molecule has 5 heteroatoms. The Morgan fingerprint density at radius 2 is 1.86 bits per heavy atom. The summed E-state index contributed by atoms with van der Waals surface area (Å²) in [5.41, 5.74) is -0.448. The van der Waals surface area contributed by atoms with Gasteiger partial charge in [-0.1, -0.05) is 0 Å². The lowest BCUT2D eigenvalue weighted by Crippen LogP contribution is -2.42. The third-order valence-electron chi connectivity index (χ3n) is 1.85. The highest BCUT2D eigenvalue weighted by Gasteiger charge is 2.22. The summed E-state index contributed by atoms with van der Waals surface area (Å²) in [6.45, 7) is 9.79. The maximum atomic E-state index is 11.4. The largest absolute Gasteiger partial charge is 0.375 e. The first-order chi connectivity index (χ1) is 6.21. The van der Waals surface area contributed by atoms with Crippen LogP contribution < -0.4 is 4.72 Å². The molecule has 0 unspecified atom stereocenters. The average molecular weight is 223 g/mol. The van der Waals surface area contributed by atoms with E-state index in [-0.39, 0.29) is 0 Å². The number of rotatable bonds is 6. The second-order valence-electron chi connectivity index (χ2n) is 4.11. The molecule has 0 aromatic heterocycles. The zero-order valence-corrected chi connectivity index (χ0v) is 10.4. The quantitative estimate of drug-likeness (QED) is 0.734.